The summed E-state index contributed by atoms with van der Waals surface area (Å²) >= 11 is 5.87. The second-order valence-electron chi connectivity index (χ2n) is 5.11. The van der Waals surface area contributed by atoms with Crippen LogP contribution in [0, 0.1) is 6.92 Å². The van der Waals surface area contributed by atoms with Gasteiger partial charge < -0.3 is 10.6 Å². The molecule has 0 atom stereocenters. The van der Waals surface area contributed by atoms with Crippen molar-refractivity contribution in [3.63, 3.8) is 0 Å². The molecule has 1 rings (SSSR count). The molecule has 2 N–H and O–H groups in total. The topological polar surface area (TPSA) is 66.9 Å². The maximum absolute atomic E-state index is 11.6. The summed E-state index contributed by atoms with van der Waals surface area (Å²) in [7, 11) is 0. The summed E-state index contributed by atoms with van der Waals surface area (Å²) in [5.41, 5.74) is 0.584. The molecule has 1 heterocycles. The standard InChI is InChI=1S/C12H19ClN4O/c1-8-10(13)15-7-16-11(8)14-6-5-9(18)17-12(2,3)4/h7H,5-6H2,1-4H3,(H,17,18)(H,14,15,16). The molecule has 0 bridgehead atoms. The van der Waals surface area contributed by atoms with Gasteiger partial charge in [0, 0.05) is 24.1 Å². The summed E-state index contributed by atoms with van der Waals surface area (Å²) in [6, 6.07) is 0. The zero-order valence-corrected chi connectivity index (χ0v) is 11.9. The van der Waals surface area contributed by atoms with Crippen molar-refractivity contribution in [2.75, 3.05) is 11.9 Å². The molecule has 0 radical (unpaired) electrons. The molecule has 1 amide bonds. The van der Waals surface area contributed by atoms with Crippen LogP contribution in [0.5, 0.6) is 0 Å². The number of carbonyl (C=O) groups is 1. The molecule has 0 fully saturated rings. The minimum Gasteiger partial charge on any atom is -0.369 e. The van der Waals surface area contributed by atoms with Crippen molar-refractivity contribution in [3.8, 4) is 0 Å². The molecule has 0 saturated carbocycles. The van der Waals surface area contributed by atoms with Gasteiger partial charge in [-0.05, 0) is 27.7 Å². The van der Waals surface area contributed by atoms with Crippen molar-refractivity contribution in [2.45, 2.75) is 39.7 Å². The number of anilines is 1. The van der Waals surface area contributed by atoms with Crippen LogP contribution in [-0.4, -0.2) is 28.0 Å². The third-order valence-electron chi connectivity index (χ3n) is 2.18. The Morgan fingerprint density at radius 2 is 2.06 bits per heavy atom. The molecule has 5 nitrogen and oxygen atoms in total. The SMILES string of the molecule is Cc1c(Cl)ncnc1NCCC(=O)NC(C)(C)C. The average Bonchev–Trinajstić information content (AvgIpc) is 2.21. The lowest BCUT2D eigenvalue weighted by atomic mass is 10.1. The number of amides is 1. The first-order chi connectivity index (χ1) is 8.29. The van der Waals surface area contributed by atoms with E-state index in [1.165, 1.54) is 6.33 Å². The Kier molecular flexibility index (Phi) is 4.90. The second-order valence-corrected chi connectivity index (χ2v) is 5.47. The first-order valence-corrected chi connectivity index (χ1v) is 6.19. The number of carbonyl (C=O) groups excluding carboxylic acids is 1. The number of nitrogens with one attached hydrogen (secondary N) is 2. The molecule has 0 saturated heterocycles. The molecule has 0 spiro atoms. The number of hydrogen-bond donors (Lipinski definition) is 2. The van der Waals surface area contributed by atoms with E-state index in [0.29, 0.717) is 23.9 Å². The Morgan fingerprint density at radius 3 is 2.67 bits per heavy atom. The zero-order valence-electron chi connectivity index (χ0n) is 11.2. The maximum atomic E-state index is 11.6. The Labute approximate surface area is 112 Å². The van der Waals surface area contributed by atoms with Crippen LogP contribution < -0.4 is 10.6 Å². The Balaban J connectivity index is 2.43. The van der Waals surface area contributed by atoms with Crippen LogP contribution in [0.4, 0.5) is 5.82 Å². The van der Waals surface area contributed by atoms with Gasteiger partial charge in [-0.3, -0.25) is 4.79 Å². The Hall–Kier alpha value is -1.36. The van der Waals surface area contributed by atoms with Crippen LogP contribution in [0.25, 0.3) is 0 Å². The predicted molar refractivity (Wildman–Crippen MR) is 72.8 cm³/mol. The number of nitrogens with zero attached hydrogens (tertiary/aromatic N) is 2. The van der Waals surface area contributed by atoms with E-state index in [2.05, 4.69) is 20.6 Å². The maximum Gasteiger partial charge on any atom is 0.222 e. The quantitative estimate of drug-likeness (QED) is 0.823. The zero-order chi connectivity index (χ0) is 13.8. The molecule has 18 heavy (non-hydrogen) atoms. The van der Waals surface area contributed by atoms with E-state index in [9.17, 15) is 4.79 Å². The van der Waals surface area contributed by atoms with Gasteiger partial charge in [0.2, 0.25) is 5.91 Å². The van der Waals surface area contributed by atoms with Crippen molar-refractivity contribution >= 4 is 23.3 Å². The van der Waals surface area contributed by atoms with Gasteiger partial charge in [0.1, 0.15) is 17.3 Å². The van der Waals surface area contributed by atoms with Gasteiger partial charge in [0.15, 0.2) is 0 Å². The van der Waals surface area contributed by atoms with Gasteiger partial charge in [-0.15, -0.1) is 0 Å². The number of rotatable bonds is 4. The highest BCUT2D eigenvalue weighted by Crippen LogP contribution is 2.17. The van der Waals surface area contributed by atoms with Gasteiger partial charge in [0.25, 0.3) is 0 Å². The first kappa shape index (κ1) is 14.7. The van der Waals surface area contributed by atoms with Gasteiger partial charge in [-0.2, -0.15) is 0 Å². The van der Waals surface area contributed by atoms with E-state index in [1.54, 1.807) is 0 Å². The Morgan fingerprint density at radius 1 is 1.39 bits per heavy atom. The molecule has 0 aliphatic rings. The van der Waals surface area contributed by atoms with Crippen molar-refractivity contribution in [1.29, 1.82) is 0 Å². The van der Waals surface area contributed by atoms with Gasteiger partial charge in [-0.1, -0.05) is 11.6 Å². The highest BCUT2D eigenvalue weighted by molar-refractivity contribution is 6.30. The second kappa shape index (κ2) is 6.00. The van der Waals surface area contributed by atoms with Crippen LogP contribution in [0.1, 0.15) is 32.8 Å². The van der Waals surface area contributed by atoms with E-state index in [1.807, 2.05) is 27.7 Å². The fraction of sp³-hybridized carbons (Fsp3) is 0.583. The monoisotopic (exact) mass is 270 g/mol. The van der Waals surface area contributed by atoms with Gasteiger partial charge in [0.05, 0.1) is 0 Å². The van der Waals surface area contributed by atoms with Crippen LogP contribution >= 0.6 is 11.6 Å². The lowest BCUT2D eigenvalue weighted by molar-refractivity contribution is -0.122. The largest absolute Gasteiger partial charge is 0.369 e. The molecule has 0 unspecified atom stereocenters. The van der Waals surface area contributed by atoms with E-state index in [-0.39, 0.29) is 11.4 Å². The molecule has 0 aliphatic heterocycles. The number of halogens is 1. The lowest BCUT2D eigenvalue weighted by Gasteiger charge is -2.20. The van der Waals surface area contributed by atoms with Crippen molar-refractivity contribution in [2.24, 2.45) is 0 Å². The summed E-state index contributed by atoms with van der Waals surface area (Å²) < 4.78 is 0. The molecule has 100 valence electrons. The predicted octanol–water partition coefficient (Wildman–Crippen LogP) is 2.16. The van der Waals surface area contributed by atoms with Crippen molar-refractivity contribution < 1.29 is 4.79 Å². The molecular weight excluding hydrogens is 252 g/mol. The summed E-state index contributed by atoms with van der Waals surface area (Å²) in [5, 5.41) is 6.39. The van der Waals surface area contributed by atoms with E-state index >= 15 is 0 Å². The fourth-order valence-corrected chi connectivity index (χ4v) is 1.52. The summed E-state index contributed by atoms with van der Waals surface area (Å²) in [4.78, 5) is 19.5. The minimum absolute atomic E-state index is 0.00723. The normalized spacial score (nSPS) is 11.2. The smallest absolute Gasteiger partial charge is 0.222 e. The van der Waals surface area contributed by atoms with E-state index in [4.69, 9.17) is 11.6 Å². The third-order valence-corrected chi connectivity index (χ3v) is 2.56. The van der Waals surface area contributed by atoms with Crippen molar-refractivity contribution in [3.05, 3.63) is 17.0 Å². The average molecular weight is 271 g/mol. The molecular formula is C12H19ClN4O. The number of hydrogen-bond acceptors (Lipinski definition) is 4. The summed E-state index contributed by atoms with van der Waals surface area (Å²) in [5.74, 6) is 0.673. The molecule has 1 aromatic heterocycles. The number of aromatic nitrogens is 2. The van der Waals surface area contributed by atoms with Gasteiger partial charge >= 0.3 is 0 Å². The Bertz CT molecular complexity index is 429. The van der Waals surface area contributed by atoms with E-state index in [0.717, 1.165) is 5.56 Å². The third kappa shape index (κ3) is 4.87. The van der Waals surface area contributed by atoms with Crippen LogP contribution in [0.2, 0.25) is 5.15 Å². The first-order valence-electron chi connectivity index (χ1n) is 5.81. The molecule has 0 aliphatic carbocycles. The fourth-order valence-electron chi connectivity index (χ4n) is 1.38. The highest BCUT2D eigenvalue weighted by atomic mass is 35.5. The lowest BCUT2D eigenvalue weighted by Crippen LogP contribution is -2.41. The van der Waals surface area contributed by atoms with E-state index < -0.39 is 0 Å². The summed E-state index contributed by atoms with van der Waals surface area (Å²) in [6.45, 7) is 8.20. The summed E-state index contributed by atoms with van der Waals surface area (Å²) in [6.07, 6.45) is 1.78. The van der Waals surface area contributed by atoms with Gasteiger partial charge in [-0.25, -0.2) is 9.97 Å². The van der Waals surface area contributed by atoms with Crippen molar-refractivity contribution in [1.82, 2.24) is 15.3 Å². The van der Waals surface area contributed by atoms with Crippen LogP contribution in [0.15, 0.2) is 6.33 Å². The molecule has 6 heteroatoms. The molecule has 1 aromatic rings. The highest BCUT2D eigenvalue weighted by Gasteiger charge is 2.13. The molecule has 0 aromatic carbocycles. The van der Waals surface area contributed by atoms with Crippen LogP contribution in [0.3, 0.4) is 0 Å². The minimum atomic E-state index is -0.203. The van der Waals surface area contributed by atoms with Crippen LogP contribution in [-0.2, 0) is 4.79 Å².